The number of carbonyl (C=O) groups excluding carboxylic acids is 1. The van der Waals surface area contributed by atoms with Crippen molar-refractivity contribution in [1.82, 2.24) is 4.90 Å². The molecule has 1 aliphatic heterocycles. The molecule has 2 fully saturated rings. The number of amides is 1. The Bertz CT molecular complexity index is 321. The lowest BCUT2D eigenvalue weighted by Gasteiger charge is -2.42. The molecular formula is C16H30N2O. The maximum absolute atomic E-state index is 12.7. The number of hydrogen-bond acceptors (Lipinski definition) is 2. The summed E-state index contributed by atoms with van der Waals surface area (Å²) in [6, 6.07) is 0.0701. The Balaban J connectivity index is 1.94. The highest BCUT2D eigenvalue weighted by molar-refractivity contribution is 5.79. The van der Waals surface area contributed by atoms with E-state index in [4.69, 9.17) is 5.73 Å². The molecule has 0 spiro atoms. The van der Waals surface area contributed by atoms with Gasteiger partial charge in [0.05, 0.1) is 5.92 Å². The van der Waals surface area contributed by atoms with Crippen molar-refractivity contribution in [3.63, 3.8) is 0 Å². The summed E-state index contributed by atoms with van der Waals surface area (Å²) in [6.45, 7) is 8.66. The molecule has 3 heteroatoms. The van der Waals surface area contributed by atoms with E-state index in [2.05, 4.69) is 25.7 Å². The van der Waals surface area contributed by atoms with Crippen LogP contribution in [0.3, 0.4) is 0 Å². The largest absolute Gasteiger partial charge is 0.342 e. The molecule has 0 aromatic heterocycles. The first-order valence-electron chi connectivity index (χ1n) is 8.01. The van der Waals surface area contributed by atoms with Crippen LogP contribution in [-0.4, -0.2) is 29.9 Å². The van der Waals surface area contributed by atoms with Crippen LogP contribution in [-0.2, 0) is 4.79 Å². The van der Waals surface area contributed by atoms with E-state index < -0.39 is 0 Å². The Hall–Kier alpha value is -0.570. The number of carbonyl (C=O) groups is 1. The third-order valence-electron chi connectivity index (χ3n) is 5.75. The van der Waals surface area contributed by atoms with Gasteiger partial charge in [-0.3, -0.25) is 4.79 Å². The monoisotopic (exact) mass is 266 g/mol. The fraction of sp³-hybridized carbons (Fsp3) is 0.938. The number of likely N-dealkylation sites (tertiary alicyclic amines) is 1. The van der Waals surface area contributed by atoms with E-state index in [0.717, 1.165) is 38.8 Å². The molecule has 3 unspecified atom stereocenters. The van der Waals surface area contributed by atoms with E-state index in [0.29, 0.717) is 17.2 Å². The molecule has 0 bridgehead atoms. The molecule has 3 atom stereocenters. The Morgan fingerprint density at radius 3 is 2.53 bits per heavy atom. The fourth-order valence-electron chi connectivity index (χ4n) is 3.58. The maximum Gasteiger partial charge on any atom is 0.227 e. The molecular weight excluding hydrogens is 236 g/mol. The molecule has 0 aromatic rings. The zero-order chi connectivity index (χ0) is 14.0. The minimum Gasteiger partial charge on any atom is -0.342 e. The molecule has 2 N–H and O–H groups in total. The van der Waals surface area contributed by atoms with Crippen LogP contribution in [0.25, 0.3) is 0 Å². The van der Waals surface area contributed by atoms with Gasteiger partial charge in [-0.2, -0.15) is 0 Å². The van der Waals surface area contributed by atoms with E-state index in [1.54, 1.807) is 0 Å². The second-order valence-electron chi connectivity index (χ2n) is 7.08. The standard InChI is InChI=1S/C16H30N2O/c1-4-16(3)8-10-18(11-9-16)15(19)13-7-5-6-12(2)14(13)17/h12-14H,4-11,17H2,1-3H3. The van der Waals surface area contributed by atoms with E-state index >= 15 is 0 Å². The first-order valence-corrected chi connectivity index (χ1v) is 8.01. The summed E-state index contributed by atoms with van der Waals surface area (Å²) in [7, 11) is 0. The number of nitrogens with zero attached hydrogens (tertiary/aromatic N) is 1. The molecule has 0 aromatic carbocycles. The highest BCUT2D eigenvalue weighted by Gasteiger charge is 2.37. The van der Waals surface area contributed by atoms with Crippen molar-refractivity contribution < 1.29 is 4.79 Å². The normalized spacial score (nSPS) is 35.2. The molecule has 1 saturated heterocycles. The summed E-state index contributed by atoms with van der Waals surface area (Å²) in [5, 5.41) is 0. The Labute approximate surface area is 117 Å². The molecule has 2 aliphatic rings. The summed E-state index contributed by atoms with van der Waals surface area (Å²) in [5.74, 6) is 0.903. The van der Waals surface area contributed by atoms with Gasteiger partial charge in [0, 0.05) is 19.1 Å². The number of rotatable bonds is 2. The van der Waals surface area contributed by atoms with Crippen LogP contribution in [0.15, 0.2) is 0 Å². The molecule has 19 heavy (non-hydrogen) atoms. The van der Waals surface area contributed by atoms with Crippen LogP contribution < -0.4 is 5.73 Å². The van der Waals surface area contributed by atoms with Gasteiger partial charge >= 0.3 is 0 Å². The summed E-state index contributed by atoms with van der Waals surface area (Å²) >= 11 is 0. The predicted molar refractivity (Wildman–Crippen MR) is 78.7 cm³/mol. The quantitative estimate of drug-likeness (QED) is 0.835. The zero-order valence-electron chi connectivity index (χ0n) is 12.8. The van der Waals surface area contributed by atoms with Gasteiger partial charge in [-0.05, 0) is 37.0 Å². The minimum absolute atomic E-state index is 0.0701. The van der Waals surface area contributed by atoms with Gasteiger partial charge in [-0.25, -0.2) is 0 Å². The molecule has 1 saturated carbocycles. The zero-order valence-corrected chi connectivity index (χ0v) is 12.8. The smallest absolute Gasteiger partial charge is 0.227 e. The highest BCUT2D eigenvalue weighted by Crippen LogP contribution is 2.36. The molecule has 2 rings (SSSR count). The van der Waals surface area contributed by atoms with E-state index in [9.17, 15) is 4.79 Å². The molecule has 1 heterocycles. The van der Waals surface area contributed by atoms with Crippen molar-refractivity contribution in [3.05, 3.63) is 0 Å². The summed E-state index contributed by atoms with van der Waals surface area (Å²) < 4.78 is 0. The van der Waals surface area contributed by atoms with Crippen molar-refractivity contribution in [2.75, 3.05) is 13.1 Å². The first-order chi connectivity index (χ1) is 8.97. The average molecular weight is 266 g/mol. The lowest BCUT2D eigenvalue weighted by Crippen LogP contribution is -2.51. The summed E-state index contributed by atoms with van der Waals surface area (Å²) in [4.78, 5) is 14.7. The lowest BCUT2D eigenvalue weighted by molar-refractivity contribution is -0.140. The molecule has 1 aliphatic carbocycles. The number of piperidine rings is 1. The summed E-state index contributed by atoms with van der Waals surface area (Å²) in [6.07, 6.45) is 6.84. The fourth-order valence-corrected chi connectivity index (χ4v) is 3.58. The summed E-state index contributed by atoms with van der Waals surface area (Å²) in [5.41, 5.74) is 6.71. The van der Waals surface area contributed by atoms with Gasteiger partial charge in [0.2, 0.25) is 5.91 Å². The average Bonchev–Trinajstić information content (AvgIpc) is 2.42. The van der Waals surface area contributed by atoms with Crippen molar-refractivity contribution in [3.8, 4) is 0 Å². The van der Waals surface area contributed by atoms with E-state index in [-0.39, 0.29) is 12.0 Å². The van der Waals surface area contributed by atoms with Crippen molar-refractivity contribution in [2.45, 2.75) is 65.3 Å². The molecule has 0 radical (unpaired) electrons. The Morgan fingerprint density at radius 2 is 1.95 bits per heavy atom. The third kappa shape index (κ3) is 3.13. The highest BCUT2D eigenvalue weighted by atomic mass is 16.2. The SMILES string of the molecule is CCC1(C)CCN(C(=O)C2CCCC(C)C2N)CC1. The molecule has 110 valence electrons. The maximum atomic E-state index is 12.7. The third-order valence-corrected chi connectivity index (χ3v) is 5.75. The second kappa shape index (κ2) is 5.82. The van der Waals surface area contributed by atoms with E-state index in [1.165, 1.54) is 12.8 Å². The first kappa shape index (κ1) is 14.8. The van der Waals surface area contributed by atoms with Crippen LogP contribution in [0.4, 0.5) is 0 Å². The van der Waals surface area contributed by atoms with Gasteiger partial charge in [-0.15, -0.1) is 0 Å². The van der Waals surface area contributed by atoms with Gasteiger partial charge in [0.1, 0.15) is 0 Å². The van der Waals surface area contributed by atoms with Gasteiger partial charge in [0.15, 0.2) is 0 Å². The van der Waals surface area contributed by atoms with Crippen LogP contribution in [0.1, 0.15) is 59.3 Å². The number of nitrogens with two attached hydrogens (primary N) is 1. The van der Waals surface area contributed by atoms with Crippen LogP contribution >= 0.6 is 0 Å². The van der Waals surface area contributed by atoms with Gasteiger partial charge in [0.25, 0.3) is 0 Å². The Kier molecular flexibility index (Phi) is 4.54. The van der Waals surface area contributed by atoms with Crippen molar-refractivity contribution >= 4 is 5.91 Å². The van der Waals surface area contributed by atoms with E-state index in [1.807, 2.05) is 0 Å². The van der Waals surface area contributed by atoms with Crippen LogP contribution in [0, 0.1) is 17.3 Å². The predicted octanol–water partition coefficient (Wildman–Crippen LogP) is 2.79. The van der Waals surface area contributed by atoms with Crippen LogP contribution in [0.2, 0.25) is 0 Å². The minimum atomic E-state index is 0.0701. The second-order valence-corrected chi connectivity index (χ2v) is 7.08. The van der Waals surface area contributed by atoms with Crippen molar-refractivity contribution in [1.29, 1.82) is 0 Å². The van der Waals surface area contributed by atoms with Crippen LogP contribution in [0.5, 0.6) is 0 Å². The Morgan fingerprint density at radius 1 is 1.32 bits per heavy atom. The number of hydrogen-bond donors (Lipinski definition) is 1. The van der Waals surface area contributed by atoms with Crippen molar-refractivity contribution in [2.24, 2.45) is 23.0 Å². The lowest BCUT2D eigenvalue weighted by atomic mass is 9.75. The molecule has 3 nitrogen and oxygen atoms in total. The van der Waals surface area contributed by atoms with Gasteiger partial charge in [-0.1, -0.05) is 33.6 Å². The topological polar surface area (TPSA) is 46.3 Å². The molecule has 1 amide bonds. The van der Waals surface area contributed by atoms with Gasteiger partial charge < -0.3 is 10.6 Å².